The van der Waals surface area contributed by atoms with Gasteiger partial charge in [0.25, 0.3) is 5.91 Å². The van der Waals surface area contributed by atoms with Crippen LogP contribution >= 0.6 is 0 Å². The van der Waals surface area contributed by atoms with Crippen LogP contribution in [-0.4, -0.2) is 28.2 Å². The molecule has 0 spiro atoms. The number of benzene rings is 1. The smallest absolute Gasteiger partial charge is 0.290 e. The van der Waals surface area contributed by atoms with E-state index >= 15 is 0 Å². The molecule has 1 unspecified atom stereocenters. The van der Waals surface area contributed by atoms with E-state index < -0.39 is 23.5 Å². The SMILES string of the molecule is CCCCCN1C(=O)C(O)=C(C(=O)c2ccco2)C1c1cccc(C)c1. The van der Waals surface area contributed by atoms with Gasteiger partial charge in [0, 0.05) is 6.54 Å². The summed E-state index contributed by atoms with van der Waals surface area (Å²) in [4.78, 5) is 27.2. The van der Waals surface area contributed by atoms with Gasteiger partial charge in [0.05, 0.1) is 17.9 Å². The molecule has 0 saturated heterocycles. The fraction of sp³-hybridized carbons (Fsp3) is 0.333. The molecule has 1 aromatic carbocycles. The van der Waals surface area contributed by atoms with Crippen molar-refractivity contribution in [2.75, 3.05) is 6.54 Å². The van der Waals surface area contributed by atoms with Crippen LogP contribution in [0.3, 0.4) is 0 Å². The van der Waals surface area contributed by atoms with Crippen LogP contribution in [0.4, 0.5) is 0 Å². The predicted molar refractivity (Wildman–Crippen MR) is 97.9 cm³/mol. The van der Waals surface area contributed by atoms with Crippen molar-refractivity contribution in [3.63, 3.8) is 0 Å². The third-order valence-electron chi connectivity index (χ3n) is 4.65. The molecule has 1 atom stereocenters. The number of furan rings is 1. The molecule has 0 bridgehead atoms. The van der Waals surface area contributed by atoms with Crippen LogP contribution in [0.5, 0.6) is 0 Å². The fourth-order valence-electron chi connectivity index (χ4n) is 3.38. The number of Topliss-reactive ketones (excluding diaryl/α,β-unsaturated/α-hetero) is 1. The summed E-state index contributed by atoms with van der Waals surface area (Å²) < 4.78 is 5.21. The van der Waals surface area contributed by atoms with Crippen molar-refractivity contribution in [3.8, 4) is 0 Å². The van der Waals surface area contributed by atoms with Crippen molar-refractivity contribution in [1.82, 2.24) is 4.90 Å². The van der Waals surface area contributed by atoms with Crippen molar-refractivity contribution >= 4 is 11.7 Å². The van der Waals surface area contributed by atoms with E-state index in [0.717, 1.165) is 30.4 Å². The summed E-state index contributed by atoms with van der Waals surface area (Å²) in [5.41, 5.74) is 1.93. The molecule has 3 rings (SSSR count). The molecule has 0 fully saturated rings. The molecule has 0 saturated carbocycles. The molecular formula is C21H23NO4. The number of carbonyl (C=O) groups is 2. The zero-order valence-corrected chi connectivity index (χ0v) is 15.1. The first-order chi connectivity index (χ1) is 12.5. The second kappa shape index (κ2) is 7.60. The summed E-state index contributed by atoms with van der Waals surface area (Å²) in [6.07, 6.45) is 4.23. The van der Waals surface area contributed by atoms with Crippen molar-refractivity contribution in [3.05, 3.63) is 70.9 Å². The van der Waals surface area contributed by atoms with Gasteiger partial charge in [-0.3, -0.25) is 9.59 Å². The van der Waals surface area contributed by atoms with Crippen LogP contribution in [0, 0.1) is 6.92 Å². The predicted octanol–water partition coefficient (Wildman–Crippen LogP) is 4.36. The highest BCUT2D eigenvalue weighted by atomic mass is 16.3. The highest BCUT2D eigenvalue weighted by molar-refractivity contribution is 6.15. The number of aryl methyl sites for hydroxylation is 1. The molecule has 2 heterocycles. The topological polar surface area (TPSA) is 70.8 Å². The number of aliphatic hydroxyl groups excluding tert-OH is 1. The Morgan fingerprint density at radius 3 is 2.69 bits per heavy atom. The Bertz CT molecular complexity index is 835. The molecule has 1 aliphatic heterocycles. The maximum Gasteiger partial charge on any atom is 0.290 e. The Kier molecular flexibility index (Phi) is 5.26. The highest BCUT2D eigenvalue weighted by Gasteiger charge is 2.44. The summed E-state index contributed by atoms with van der Waals surface area (Å²) >= 11 is 0. The summed E-state index contributed by atoms with van der Waals surface area (Å²) in [7, 11) is 0. The summed E-state index contributed by atoms with van der Waals surface area (Å²) in [6, 6.07) is 10.2. The molecule has 2 aromatic rings. The van der Waals surface area contributed by atoms with Gasteiger partial charge in [-0.1, -0.05) is 49.6 Å². The second-order valence-corrected chi connectivity index (χ2v) is 6.59. The number of amides is 1. The zero-order chi connectivity index (χ0) is 18.7. The molecule has 5 nitrogen and oxygen atoms in total. The third kappa shape index (κ3) is 3.29. The van der Waals surface area contributed by atoms with Crippen molar-refractivity contribution < 1.29 is 19.1 Å². The molecule has 5 heteroatoms. The minimum Gasteiger partial charge on any atom is -0.503 e. The maximum atomic E-state index is 12.9. The van der Waals surface area contributed by atoms with Gasteiger partial charge >= 0.3 is 0 Å². The minimum absolute atomic E-state index is 0.0899. The molecular weight excluding hydrogens is 330 g/mol. The van der Waals surface area contributed by atoms with Gasteiger partial charge in [0.1, 0.15) is 0 Å². The highest BCUT2D eigenvalue weighted by Crippen LogP contribution is 2.39. The number of hydrogen-bond donors (Lipinski definition) is 1. The Balaban J connectivity index is 2.04. The number of rotatable bonds is 7. The van der Waals surface area contributed by atoms with Gasteiger partial charge < -0.3 is 14.4 Å². The van der Waals surface area contributed by atoms with Crippen LogP contribution in [0.15, 0.2) is 58.4 Å². The lowest BCUT2D eigenvalue weighted by atomic mass is 9.94. The first kappa shape index (κ1) is 18.0. The first-order valence-electron chi connectivity index (χ1n) is 8.93. The van der Waals surface area contributed by atoms with E-state index in [4.69, 9.17) is 4.42 Å². The standard InChI is InChI=1S/C21H23NO4/c1-3-4-5-11-22-18(15-9-6-8-14(2)13-15)17(20(24)21(22)25)19(23)16-10-7-12-26-16/h6-10,12-13,18,24H,3-5,11H2,1-2H3. The summed E-state index contributed by atoms with van der Waals surface area (Å²) in [6.45, 7) is 4.54. The second-order valence-electron chi connectivity index (χ2n) is 6.59. The van der Waals surface area contributed by atoms with E-state index in [0.29, 0.717) is 6.54 Å². The Hall–Kier alpha value is -2.82. The van der Waals surface area contributed by atoms with Gasteiger partial charge in [-0.05, 0) is 31.0 Å². The van der Waals surface area contributed by atoms with Gasteiger partial charge in [0.2, 0.25) is 5.78 Å². The van der Waals surface area contributed by atoms with Crippen molar-refractivity contribution in [1.29, 1.82) is 0 Å². The fourth-order valence-corrected chi connectivity index (χ4v) is 3.38. The number of carbonyl (C=O) groups excluding carboxylic acids is 2. The first-order valence-corrected chi connectivity index (χ1v) is 8.93. The molecule has 1 aromatic heterocycles. The molecule has 1 amide bonds. The van der Waals surface area contributed by atoms with E-state index in [9.17, 15) is 14.7 Å². The van der Waals surface area contributed by atoms with Crippen molar-refractivity contribution in [2.24, 2.45) is 0 Å². The average Bonchev–Trinajstić information content (AvgIpc) is 3.24. The Morgan fingerprint density at radius 2 is 2.04 bits per heavy atom. The minimum atomic E-state index is -0.600. The molecule has 0 aliphatic carbocycles. The number of ketones is 1. The molecule has 26 heavy (non-hydrogen) atoms. The van der Waals surface area contributed by atoms with E-state index in [-0.39, 0.29) is 11.3 Å². The third-order valence-corrected chi connectivity index (χ3v) is 4.65. The van der Waals surface area contributed by atoms with Crippen molar-refractivity contribution in [2.45, 2.75) is 39.2 Å². The zero-order valence-electron chi connectivity index (χ0n) is 15.1. The van der Waals surface area contributed by atoms with Crippen LogP contribution in [0.2, 0.25) is 0 Å². The van der Waals surface area contributed by atoms with E-state index in [1.807, 2.05) is 31.2 Å². The lowest BCUT2D eigenvalue weighted by Crippen LogP contribution is -2.32. The van der Waals surface area contributed by atoms with Crippen LogP contribution in [0.1, 0.15) is 53.9 Å². The van der Waals surface area contributed by atoms with Gasteiger partial charge in [-0.25, -0.2) is 0 Å². The van der Waals surface area contributed by atoms with Crippen LogP contribution in [-0.2, 0) is 4.79 Å². The normalized spacial score (nSPS) is 17.2. The molecule has 0 radical (unpaired) electrons. The lowest BCUT2D eigenvalue weighted by molar-refractivity contribution is -0.129. The molecule has 136 valence electrons. The lowest BCUT2D eigenvalue weighted by Gasteiger charge is -2.27. The van der Waals surface area contributed by atoms with Crippen LogP contribution in [0.25, 0.3) is 0 Å². The number of unbranched alkanes of at least 4 members (excludes halogenated alkanes) is 2. The van der Waals surface area contributed by atoms with Gasteiger partial charge in [-0.15, -0.1) is 0 Å². The monoisotopic (exact) mass is 353 g/mol. The number of aliphatic hydroxyl groups is 1. The maximum absolute atomic E-state index is 12.9. The van der Waals surface area contributed by atoms with Crippen LogP contribution < -0.4 is 0 Å². The molecule has 1 aliphatic rings. The van der Waals surface area contributed by atoms with Gasteiger partial charge in [-0.2, -0.15) is 0 Å². The van der Waals surface area contributed by atoms with E-state index in [1.54, 1.807) is 17.0 Å². The summed E-state index contributed by atoms with van der Waals surface area (Å²) in [5.74, 6) is -1.31. The Morgan fingerprint density at radius 1 is 1.23 bits per heavy atom. The van der Waals surface area contributed by atoms with Gasteiger partial charge in [0.15, 0.2) is 11.5 Å². The Labute approximate surface area is 152 Å². The largest absolute Gasteiger partial charge is 0.503 e. The number of hydrogen-bond acceptors (Lipinski definition) is 4. The van der Waals surface area contributed by atoms with E-state index in [2.05, 4.69) is 6.92 Å². The number of nitrogens with zero attached hydrogens (tertiary/aromatic N) is 1. The quantitative estimate of drug-likeness (QED) is 0.593. The van der Waals surface area contributed by atoms with E-state index in [1.165, 1.54) is 6.26 Å². The molecule has 1 N–H and O–H groups in total. The average molecular weight is 353 g/mol. The summed E-state index contributed by atoms with van der Waals surface area (Å²) in [5, 5.41) is 10.5.